The monoisotopic (exact) mass is 372 g/mol. The molecule has 2 aromatic carbocycles. The van der Waals surface area contributed by atoms with Crippen LogP contribution in [0.25, 0.3) is 0 Å². The van der Waals surface area contributed by atoms with E-state index in [1.54, 1.807) is 24.3 Å². The molecule has 1 heterocycles. The van der Waals surface area contributed by atoms with Crippen LogP contribution in [0.2, 0.25) is 0 Å². The van der Waals surface area contributed by atoms with Gasteiger partial charge in [-0.15, -0.1) is 11.6 Å². The highest BCUT2D eigenvalue weighted by atomic mass is 35.5. The minimum absolute atomic E-state index is 0.0358. The average molecular weight is 373 g/mol. The molecule has 0 aromatic heterocycles. The molecule has 0 atom stereocenters. The first-order valence-corrected chi connectivity index (χ1v) is 9.18. The summed E-state index contributed by atoms with van der Waals surface area (Å²) < 4.78 is 5.30. The smallest absolute Gasteiger partial charge is 0.409 e. The Kier molecular flexibility index (Phi) is 6.26. The molecule has 0 saturated carbocycles. The lowest BCUT2D eigenvalue weighted by molar-refractivity contribution is 0.0982. The van der Waals surface area contributed by atoms with Crippen molar-refractivity contribution in [3.63, 3.8) is 0 Å². The number of ketones is 1. The number of fused-ring (bicyclic) bond motifs is 1. The number of nitrogens with one attached hydrogen (secondary N) is 1. The van der Waals surface area contributed by atoms with Crippen LogP contribution in [0.5, 0.6) is 5.75 Å². The number of ether oxygens (including phenoxy) is 1. The zero-order chi connectivity index (χ0) is 18.4. The van der Waals surface area contributed by atoms with Gasteiger partial charge in [-0.25, -0.2) is 9.80 Å². The number of carbonyl (C=O) groups excluding carboxylic acids is 2. The molecule has 1 aliphatic rings. The predicted octanol–water partition coefficient (Wildman–Crippen LogP) is 3.95. The van der Waals surface area contributed by atoms with Crippen LogP contribution < -0.4 is 10.2 Å². The Bertz CT molecular complexity index is 777. The van der Waals surface area contributed by atoms with E-state index < -0.39 is 6.09 Å². The number of alkyl halides is 1. The van der Waals surface area contributed by atoms with Crippen molar-refractivity contribution in [2.75, 3.05) is 12.4 Å². The number of hydrogen-bond donors (Lipinski definition) is 1. The lowest BCUT2D eigenvalue weighted by Crippen LogP contribution is -2.46. The van der Waals surface area contributed by atoms with Crippen LogP contribution in [0.15, 0.2) is 48.5 Å². The highest BCUT2D eigenvalue weighted by Crippen LogP contribution is 2.18. The Balaban J connectivity index is 1.51. The molecule has 26 heavy (non-hydrogen) atoms. The Morgan fingerprint density at radius 1 is 1.08 bits per heavy atom. The van der Waals surface area contributed by atoms with Crippen molar-refractivity contribution < 1.29 is 14.3 Å². The van der Waals surface area contributed by atoms with Crippen molar-refractivity contribution in [3.8, 4) is 5.75 Å². The molecule has 0 bridgehead atoms. The highest BCUT2D eigenvalue weighted by molar-refractivity contribution is 6.18. The number of nitrogens with zero attached hydrogens (tertiary/aromatic N) is 1. The highest BCUT2D eigenvalue weighted by Gasteiger charge is 2.18. The van der Waals surface area contributed by atoms with E-state index in [0.717, 1.165) is 13.0 Å². The number of halogens is 1. The summed E-state index contributed by atoms with van der Waals surface area (Å²) in [6, 6.07) is 14.8. The van der Waals surface area contributed by atoms with Crippen molar-refractivity contribution in [2.24, 2.45) is 0 Å². The fourth-order valence-electron chi connectivity index (χ4n) is 2.93. The third-order valence-electron chi connectivity index (χ3n) is 4.30. The number of hydrazine groups is 1. The van der Waals surface area contributed by atoms with Gasteiger partial charge in [-0.2, -0.15) is 0 Å². The Labute approximate surface area is 157 Å². The maximum Gasteiger partial charge on any atom is 0.427 e. The molecular formula is C20H21ClN2O3. The van der Waals surface area contributed by atoms with Crippen molar-refractivity contribution in [1.82, 2.24) is 10.4 Å². The molecule has 136 valence electrons. The van der Waals surface area contributed by atoms with Crippen LogP contribution in [0.3, 0.4) is 0 Å². The lowest BCUT2D eigenvalue weighted by Gasteiger charge is -2.28. The van der Waals surface area contributed by atoms with Gasteiger partial charge in [0.25, 0.3) is 0 Å². The predicted molar refractivity (Wildman–Crippen MR) is 100 cm³/mol. The van der Waals surface area contributed by atoms with Gasteiger partial charge in [-0.3, -0.25) is 10.2 Å². The Morgan fingerprint density at radius 2 is 1.81 bits per heavy atom. The third kappa shape index (κ3) is 4.84. The van der Waals surface area contributed by atoms with E-state index >= 15 is 0 Å². The standard InChI is InChI=1S/C20H21ClN2O3/c21-12-3-6-19(24)16-7-9-18(10-8-16)26-20(25)22-23-13-11-15-4-1-2-5-17(15)14-23/h1-2,4-5,7-10H,3,6,11-14H2,(H,22,25). The molecule has 1 N–H and O–H groups in total. The molecule has 0 spiro atoms. The third-order valence-corrected chi connectivity index (χ3v) is 4.57. The largest absolute Gasteiger partial charge is 0.427 e. The number of rotatable bonds is 6. The minimum Gasteiger partial charge on any atom is -0.409 e. The van der Waals surface area contributed by atoms with E-state index in [4.69, 9.17) is 16.3 Å². The Morgan fingerprint density at radius 3 is 2.54 bits per heavy atom. The summed E-state index contributed by atoms with van der Waals surface area (Å²) in [5.41, 5.74) is 5.88. The zero-order valence-electron chi connectivity index (χ0n) is 14.4. The summed E-state index contributed by atoms with van der Waals surface area (Å²) in [6.07, 6.45) is 1.42. The van der Waals surface area contributed by atoms with Gasteiger partial charge in [0.1, 0.15) is 5.75 Å². The summed E-state index contributed by atoms with van der Waals surface area (Å²) in [4.78, 5) is 24.0. The van der Waals surface area contributed by atoms with Crippen LogP contribution >= 0.6 is 11.6 Å². The minimum atomic E-state index is -0.536. The van der Waals surface area contributed by atoms with Crippen molar-refractivity contribution in [2.45, 2.75) is 25.8 Å². The second kappa shape index (κ2) is 8.83. The SMILES string of the molecule is O=C(NN1CCc2ccccc2C1)Oc1ccc(C(=O)CCCCl)cc1. The summed E-state index contributed by atoms with van der Waals surface area (Å²) in [7, 11) is 0. The number of Topliss-reactive ketones (excluding diaryl/α,β-unsaturated/α-hetero) is 1. The first kappa shape index (κ1) is 18.4. The quantitative estimate of drug-likeness (QED) is 0.616. The molecular weight excluding hydrogens is 352 g/mol. The summed E-state index contributed by atoms with van der Waals surface area (Å²) in [6.45, 7) is 1.39. The van der Waals surface area contributed by atoms with Crippen molar-refractivity contribution in [3.05, 3.63) is 65.2 Å². The first-order valence-electron chi connectivity index (χ1n) is 8.65. The van der Waals surface area contributed by atoms with Crippen molar-refractivity contribution in [1.29, 1.82) is 0 Å². The fourth-order valence-corrected chi connectivity index (χ4v) is 3.06. The average Bonchev–Trinajstić information content (AvgIpc) is 2.66. The second-order valence-electron chi connectivity index (χ2n) is 6.18. The fraction of sp³-hybridized carbons (Fsp3) is 0.300. The van der Waals surface area contributed by atoms with Gasteiger partial charge >= 0.3 is 6.09 Å². The molecule has 6 heteroatoms. The molecule has 2 aromatic rings. The van der Waals surface area contributed by atoms with E-state index in [1.165, 1.54) is 11.1 Å². The van der Waals surface area contributed by atoms with Gasteiger partial charge in [0.15, 0.2) is 5.78 Å². The van der Waals surface area contributed by atoms with E-state index in [2.05, 4.69) is 17.6 Å². The molecule has 1 aliphatic heterocycles. The van der Waals surface area contributed by atoms with E-state index in [-0.39, 0.29) is 5.78 Å². The summed E-state index contributed by atoms with van der Waals surface area (Å²) >= 11 is 5.60. The number of benzene rings is 2. The first-order chi connectivity index (χ1) is 12.7. The topological polar surface area (TPSA) is 58.6 Å². The molecule has 0 saturated heterocycles. The van der Waals surface area contributed by atoms with Crippen LogP contribution in [0.4, 0.5) is 4.79 Å². The summed E-state index contributed by atoms with van der Waals surface area (Å²) in [5, 5.41) is 1.84. The van der Waals surface area contributed by atoms with Crippen LogP contribution in [0, 0.1) is 0 Å². The molecule has 5 nitrogen and oxygen atoms in total. The normalized spacial score (nSPS) is 13.7. The van der Waals surface area contributed by atoms with E-state index in [1.807, 2.05) is 17.1 Å². The maximum absolute atomic E-state index is 12.1. The molecule has 0 unspecified atom stereocenters. The molecule has 0 aliphatic carbocycles. The van der Waals surface area contributed by atoms with Crippen molar-refractivity contribution >= 4 is 23.5 Å². The van der Waals surface area contributed by atoms with Crippen LogP contribution in [0.1, 0.15) is 34.3 Å². The van der Waals surface area contributed by atoms with Crippen LogP contribution in [-0.4, -0.2) is 29.3 Å². The van der Waals surface area contributed by atoms with Gasteiger partial charge in [0.2, 0.25) is 0 Å². The van der Waals surface area contributed by atoms with E-state index in [9.17, 15) is 9.59 Å². The number of amides is 1. The van der Waals surface area contributed by atoms with E-state index in [0.29, 0.717) is 36.6 Å². The second-order valence-corrected chi connectivity index (χ2v) is 6.56. The molecule has 3 rings (SSSR count). The molecule has 0 fully saturated rings. The van der Waals surface area contributed by atoms with Gasteiger partial charge in [0, 0.05) is 31.0 Å². The van der Waals surface area contributed by atoms with Gasteiger partial charge in [-0.05, 0) is 48.2 Å². The zero-order valence-corrected chi connectivity index (χ0v) is 15.2. The molecule has 1 amide bonds. The molecule has 0 radical (unpaired) electrons. The number of hydrogen-bond acceptors (Lipinski definition) is 4. The maximum atomic E-state index is 12.1. The van der Waals surface area contributed by atoms with Gasteiger partial charge in [0.05, 0.1) is 0 Å². The number of carbonyl (C=O) groups is 2. The lowest BCUT2D eigenvalue weighted by atomic mass is 10.0. The van der Waals surface area contributed by atoms with Crippen LogP contribution in [-0.2, 0) is 13.0 Å². The van der Waals surface area contributed by atoms with Gasteiger partial charge < -0.3 is 4.74 Å². The van der Waals surface area contributed by atoms with Gasteiger partial charge in [-0.1, -0.05) is 24.3 Å². The Hall–Kier alpha value is -2.37. The summed E-state index contributed by atoms with van der Waals surface area (Å²) in [5.74, 6) is 0.899.